The lowest BCUT2D eigenvalue weighted by Crippen LogP contribution is -1.96. The molecule has 0 amide bonds. The van der Waals surface area contributed by atoms with Crippen LogP contribution in [0.3, 0.4) is 0 Å². The maximum absolute atomic E-state index is 9.68. The van der Waals surface area contributed by atoms with Crippen molar-refractivity contribution in [3.8, 4) is 35.0 Å². The van der Waals surface area contributed by atoms with Crippen LogP contribution < -0.4 is 10.2 Å². The van der Waals surface area contributed by atoms with E-state index in [2.05, 4.69) is 20.5 Å². The fourth-order valence-electron chi connectivity index (χ4n) is 2.24. The number of methoxy groups -OCH3 is 1. The van der Waals surface area contributed by atoms with Gasteiger partial charge in [0.05, 0.1) is 23.8 Å². The van der Waals surface area contributed by atoms with Gasteiger partial charge >= 0.3 is 0 Å². The molecule has 0 fully saturated rings. The summed E-state index contributed by atoms with van der Waals surface area (Å²) < 4.78 is 5.11. The SMILES string of the molecule is COc1cc(-c2nc3ccc(NN=C(C#N)C#N)cc3[nH]2)ccc1O. The van der Waals surface area contributed by atoms with Crippen molar-refractivity contribution in [1.82, 2.24) is 9.97 Å². The molecule has 0 bridgehead atoms. The van der Waals surface area contributed by atoms with Crippen LogP contribution in [-0.2, 0) is 0 Å². The third kappa shape index (κ3) is 3.19. The van der Waals surface area contributed by atoms with Gasteiger partial charge < -0.3 is 14.8 Å². The van der Waals surface area contributed by atoms with Gasteiger partial charge in [-0.2, -0.15) is 15.6 Å². The third-order valence-electron chi connectivity index (χ3n) is 3.44. The number of nitrogens with one attached hydrogen (secondary N) is 2. The molecule has 2 aromatic carbocycles. The number of imidazole rings is 1. The average molecular weight is 332 g/mol. The second-order valence-corrected chi connectivity index (χ2v) is 5.00. The smallest absolute Gasteiger partial charge is 0.237 e. The Balaban J connectivity index is 1.95. The number of nitriles is 2. The first-order valence-corrected chi connectivity index (χ1v) is 7.15. The first kappa shape index (κ1) is 15.8. The van der Waals surface area contributed by atoms with Gasteiger partial charge in [0.15, 0.2) is 11.5 Å². The number of H-pyrrole nitrogens is 1. The number of anilines is 1. The number of nitrogens with zero attached hydrogens (tertiary/aromatic N) is 4. The van der Waals surface area contributed by atoms with Crippen LogP contribution in [0, 0.1) is 22.7 Å². The molecular weight excluding hydrogens is 320 g/mol. The monoisotopic (exact) mass is 332 g/mol. The minimum atomic E-state index is -0.262. The fraction of sp³-hybridized carbons (Fsp3) is 0.0588. The number of fused-ring (bicyclic) bond motifs is 1. The van der Waals surface area contributed by atoms with Crippen molar-refractivity contribution in [1.29, 1.82) is 10.5 Å². The number of hydrogen-bond acceptors (Lipinski definition) is 7. The van der Waals surface area contributed by atoms with E-state index in [1.54, 1.807) is 42.5 Å². The predicted molar refractivity (Wildman–Crippen MR) is 92.0 cm³/mol. The molecule has 0 atom stereocenters. The number of aromatic nitrogens is 2. The summed E-state index contributed by atoms with van der Waals surface area (Å²) in [7, 11) is 1.48. The maximum Gasteiger partial charge on any atom is 0.237 e. The molecular formula is C17H12N6O2. The van der Waals surface area contributed by atoms with Crippen LogP contribution in [0.1, 0.15) is 0 Å². The molecule has 1 aromatic heterocycles. The topological polar surface area (TPSA) is 130 Å². The van der Waals surface area contributed by atoms with E-state index in [4.69, 9.17) is 15.3 Å². The van der Waals surface area contributed by atoms with Crippen LogP contribution >= 0.6 is 0 Å². The minimum Gasteiger partial charge on any atom is -0.504 e. The number of ether oxygens (including phenoxy) is 1. The van der Waals surface area contributed by atoms with Crippen molar-refractivity contribution in [2.75, 3.05) is 12.5 Å². The Labute approximate surface area is 142 Å². The number of hydrogen-bond donors (Lipinski definition) is 3. The van der Waals surface area contributed by atoms with Crippen LogP contribution in [-0.4, -0.2) is 27.9 Å². The summed E-state index contributed by atoms with van der Waals surface area (Å²) in [6.07, 6.45) is 0. The van der Waals surface area contributed by atoms with Crippen LogP contribution in [0.25, 0.3) is 22.4 Å². The molecule has 0 saturated heterocycles. The molecule has 122 valence electrons. The number of phenols is 1. The Morgan fingerprint density at radius 1 is 1.24 bits per heavy atom. The van der Waals surface area contributed by atoms with E-state index in [1.807, 2.05) is 0 Å². The molecule has 8 nitrogen and oxygen atoms in total. The zero-order valence-electron chi connectivity index (χ0n) is 13.1. The Morgan fingerprint density at radius 3 is 2.76 bits per heavy atom. The van der Waals surface area contributed by atoms with Crippen LogP contribution in [0.2, 0.25) is 0 Å². The van der Waals surface area contributed by atoms with Crippen LogP contribution in [0.5, 0.6) is 11.5 Å². The van der Waals surface area contributed by atoms with Gasteiger partial charge in [-0.05, 0) is 36.4 Å². The Bertz CT molecular complexity index is 1040. The van der Waals surface area contributed by atoms with Crippen LogP contribution in [0.15, 0.2) is 41.5 Å². The molecule has 3 rings (SSSR count). The molecule has 0 aliphatic carbocycles. The number of hydrazone groups is 1. The average Bonchev–Trinajstić information content (AvgIpc) is 3.06. The van der Waals surface area contributed by atoms with Gasteiger partial charge in [0, 0.05) is 5.56 Å². The molecule has 0 spiro atoms. The van der Waals surface area contributed by atoms with Crippen molar-refractivity contribution in [2.24, 2.45) is 5.10 Å². The van der Waals surface area contributed by atoms with Gasteiger partial charge in [-0.3, -0.25) is 5.43 Å². The lowest BCUT2D eigenvalue weighted by molar-refractivity contribution is 0.373. The van der Waals surface area contributed by atoms with Gasteiger partial charge in [0.2, 0.25) is 5.71 Å². The van der Waals surface area contributed by atoms with Gasteiger partial charge in [-0.15, -0.1) is 0 Å². The van der Waals surface area contributed by atoms with E-state index in [0.717, 1.165) is 16.6 Å². The van der Waals surface area contributed by atoms with Crippen LogP contribution in [0.4, 0.5) is 5.69 Å². The zero-order chi connectivity index (χ0) is 17.8. The number of aromatic amines is 1. The lowest BCUT2D eigenvalue weighted by atomic mass is 10.2. The zero-order valence-corrected chi connectivity index (χ0v) is 13.1. The maximum atomic E-state index is 9.68. The van der Waals surface area contributed by atoms with Gasteiger partial charge in [-0.25, -0.2) is 4.98 Å². The third-order valence-corrected chi connectivity index (χ3v) is 3.44. The highest BCUT2D eigenvalue weighted by Crippen LogP contribution is 2.31. The molecule has 0 unspecified atom stereocenters. The highest BCUT2D eigenvalue weighted by Gasteiger charge is 2.09. The largest absolute Gasteiger partial charge is 0.504 e. The van der Waals surface area contributed by atoms with E-state index < -0.39 is 0 Å². The van der Waals surface area contributed by atoms with E-state index in [-0.39, 0.29) is 11.5 Å². The molecule has 0 radical (unpaired) electrons. The predicted octanol–water partition coefficient (Wildman–Crippen LogP) is 2.76. The second kappa shape index (κ2) is 6.60. The Morgan fingerprint density at radius 2 is 2.04 bits per heavy atom. The van der Waals surface area contributed by atoms with Gasteiger partial charge in [0.1, 0.15) is 18.0 Å². The summed E-state index contributed by atoms with van der Waals surface area (Å²) in [5, 5.41) is 30.7. The normalized spacial score (nSPS) is 9.88. The highest BCUT2D eigenvalue weighted by atomic mass is 16.5. The summed E-state index contributed by atoms with van der Waals surface area (Å²) in [4.78, 5) is 7.67. The van der Waals surface area contributed by atoms with E-state index in [9.17, 15) is 5.11 Å². The summed E-state index contributed by atoms with van der Waals surface area (Å²) in [6.45, 7) is 0. The number of rotatable bonds is 4. The van der Waals surface area contributed by atoms with E-state index in [0.29, 0.717) is 17.3 Å². The molecule has 8 heteroatoms. The van der Waals surface area contributed by atoms with E-state index in [1.165, 1.54) is 13.2 Å². The summed E-state index contributed by atoms with van der Waals surface area (Å²) in [5.74, 6) is 1.02. The lowest BCUT2D eigenvalue weighted by Gasteiger charge is -2.04. The van der Waals surface area contributed by atoms with Crippen molar-refractivity contribution in [3.05, 3.63) is 36.4 Å². The molecule has 1 heterocycles. The first-order chi connectivity index (χ1) is 12.1. The van der Waals surface area contributed by atoms with Crippen molar-refractivity contribution >= 4 is 22.4 Å². The van der Waals surface area contributed by atoms with Gasteiger partial charge in [-0.1, -0.05) is 0 Å². The Hall–Kier alpha value is -4.04. The quantitative estimate of drug-likeness (QED) is 0.497. The molecule has 0 saturated carbocycles. The Kier molecular flexibility index (Phi) is 4.18. The standard InChI is InChI=1S/C17H12N6O2/c1-25-16-6-10(2-5-15(16)24)17-20-13-4-3-11(7-14(13)21-17)22-23-12(8-18)9-19/h2-7,22,24H,1H3,(H,20,21). The highest BCUT2D eigenvalue weighted by molar-refractivity contribution is 6.10. The summed E-state index contributed by atoms with van der Waals surface area (Å²) in [6, 6.07) is 13.6. The number of aromatic hydroxyl groups is 1. The molecule has 3 N–H and O–H groups in total. The number of benzene rings is 2. The summed E-state index contributed by atoms with van der Waals surface area (Å²) >= 11 is 0. The number of phenolic OH excluding ortho intramolecular Hbond substituents is 1. The van der Waals surface area contributed by atoms with Crippen molar-refractivity contribution < 1.29 is 9.84 Å². The summed E-state index contributed by atoms with van der Waals surface area (Å²) in [5.41, 5.74) is 5.24. The fourth-order valence-corrected chi connectivity index (χ4v) is 2.24. The molecule has 3 aromatic rings. The van der Waals surface area contributed by atoms with Gasteiger partial charge in [0.25, 0.3) is 0 Å². The molecule has 0 aliphatic heterocycles. The molecule has 0 aliphatic rings. The van der Waals surface area contributed by atoms with E-state index >= 15 is 0 Å². The second-order valence-electron chi connectivity index (χ2n) is 5.00. The minimum absolute atomic E-state index is 0.0532. The molecule has 25 heavy (non-hydrogen) atoms. The van der Waals surface area contributed by atoms with Crippen molar-refractivity contribution in [3.63, 3.8) is 0 Å². The van der Waals surface area contributed by atoms with Crippen molar-refractivity contribution in [2.45, 2.75) is 0 Å². The first-order valence-electron chi connectivity index (χ1n) is 7.15.